The van der Waals surface area contributed by atoms with Gasteiger partial charge in [0.2, 0.25) is 0 Å². The quantitative estimate of drug-likeness (QED) is 0.878. The molecule has 21 heavy (non-hydrogen) atoms. The summed E-state index contributed by atoms with van der Waals surface area (Å²) in [6.07, 6.45) is -0.390. The molecule has 0 radical (unpaired) electrons. The molecule has 2 aliphatic heterocycles. The first kappa shape index (κ1) is 12.6. The molecule has 1 aromatic heterocycles. The lowest BCUT2D eigenvalue weighted by atomic mass is 9.93. The van der Waals surface area contributed by atoms with Gasteiger partial charge in [-0.05, 0) is 18.6 Å². The summed E-state index contributed by atoms with van der Waals surface area (Å²) in [5, 5.41) is 5.56. The fraction of sp³-hybridized carbons (Fsp3) is 0.333. The molecule has 6 heteroatoms. The zero-order chi connectivity index (χ0) is 14.6. The highest BCUT2D eigenvalue weighted by molar-refractivity contribution is 7.17. The molecule has 5 nitrogen and oxygen atoms in total. The Morgan fingerprint density at radius 2 is 2.24 bits per heavy atom. The number of aryl methyl sites for hydroxylation is 1. The number of hydrogen-bond acceptors (Lipinski definition) is 4. The number of nitrogens with one attached hydrogen (secondary N) is 1. The highest BCUT2D eigenvalue weighted by atomic mass is 32.1. The summed E-state index contributed by atoms with van der Waals surface area (Å²) < 4.78 is 6.37. The van der Waals surface area contributed by atoms with Gasteiger partial charge < -0.3 is 15.0 Å². The van der Waals surface area contributed by atoms with Crippen LogP contribution in [0.5, 0.6) is 0 Å². The van der Waals surface area contributed by atoms with Crippen LogP contribution in [0.3, 0.4) is 0 Å². The SMILES string of the molecule is Cc1ccc2c(C(=O)N3CC4(CNC(=O)O4)C3)csc2c1. The fourth-order valence-corrected chi connectivity index (χ4v) is 3.97. The third kappa shape index (κ3) is 1.90. The Hall–Kier alpha value is -2.08. The van der Waals surface area contributed by atoms with Crippen molar-refractivity contribution in [3.05, 3.63) is 34.7 Å². The van der Waals surface area contributed by atoms with Gasteiger partial charge in [-0.3, -0.25) is 4.79 Å². The standard InChI is InChI=1S/C15H14N2O3S/c1-9-2-3-10-11(5-21-12(10)4-9)13(18)17-7-15(8-17)6-16-14(19)20-15/h2-5H,6-8H2,1H3,(H,16,19). The molecule has 0 saturated carbocycles. The van der Waals surface area contributed by atoms with Crippen LogP contribution in [0.2, 0.25) is 0 Å². The number of carbonyl (C=O) groups is 2. The second-order valence-corrected chi connectivity index (χ2v) is 6.65. The van der Waals surface area contributed by atoms with Crippen LogP contribution in [-0.4, -0.2) is 42.1 Å². The highest BCUT2D eigenvalue weighted by Gasteiger charge is 2.52. The molecule has 2 aromatic rings. The Morgan fingerprint density at radius 1 is 1.43 bits per heavy atom. The smallest absolute Gasteiger partial charge is 0.408 e. The van der Waals surface area contributed by atoms with Crippen LogP contribution in [0.1, 0.15) is 15.9 Å². The summed E-state index contributed by atoms with van der Waals surface area (Å²) in [5.41, 5.74) is 1.42. The van der Waals surface area contributed by atoms with E-state index in [-0.39, 0.29) is 5.91 Å². The first-order valence-corrected chi connectivity index (χ1v) is 7.68. The molecule has 0 atom stereocenters. The van der Waals surface area contributed by atoms with Crippen molar-refractivity contribution < 1.29 is 14.3 Å². The molecule has 0 bridgehead atoms. The minimum atomic E-state index is -0.505. The summed E-state index contributed by atoms with van der Waals surface area (Å²) in [4.78, 5) is 25.4. The maximum Gasteiger partial charge on any atom is 0.408 e. The number of hydrogen-bond donors (Lipinski definition) is 1. The molecule has 1 aromatic carbocycles. The lowest BCUT2D eigenvalue weighted by molar-refractivity contribution is -0.0575. The van der Waals surface area contributed by atoms with E-state index in [1.165, 1.54) is 5.56 Å². The number of amides is 2. The number of fused-ring (bicyclic) bond motifs is 1. The van der Waals surface area contributed by atoms with Gasteiger partial charge in [-0.2, -0.15) is 0 Å². The summed E-state index contributed by atoms with van der Waals surface area (Å²) in [6.45, 7) is 3.46. The Balaban J connectivity index is 1.57. The lowest BCUT2D eigenvalue weighted by Gasteiger charge is -2.45. The second-order valence-electron chi connectivity index (χ2n) is 5.74. The minimum Gasteiger partial charge on any atom is -0.437 e. The van der Waals surface area contributed by atoms with Gasteiger partial charge in [0, 0.05) is 15.5 Å². The number of thiophene rings is 1. The third-order valence-electron chi connectivity index (χ3n) is 4.07. The van der Waals surface area contributed by atoms with Crippen LogP contribution in [0.25, 0.3) is 10.1 Å². The number of ether oxygens (including phenoxy) is 1. The first-order chi connectivity index (χ1) is 10.1. The number of nitrogens with zero attached hydrogens (tertiary/aromatic N) is 1. The monoisotopic (exact) mass is 302 g/mol. The van der Waals surface area contributed by atoms with Gasteiger partial charge in [-0.25, -0.2) is 4.79 Å². The van der Waals surface area contributed by atoms with Gasteiger partial charge in [0.15, 0.2) is 5.60 Å². The molecule has 0 aliphatic carbocycles. The van der Waals surface area contributed by atoms with E-state index in [0.29, 0.717) is 19.6 Å². The molecule has 2 amide bonds. The number of benzene rings is 1. The average Bonchev–Trinajstić information content (AvgIpc) is 2.99. The molecule has 2 fully saturated rings. The molecular formula is C15H14N2O3S. The van der Waals surface area contributed by atoms with E-state index in [1.807, 2.05) is 24.4 Å². The van der Waals surface area contributed by atoms with E-state index >= 15 is 0 Å². The fourth-order valence-electron chi connectivity index (χ4n) is 2.94. The summed E-state index contributed by atoms with van der Waals surface area (Å²) in [7, 11) is 0. The van der Waals surface area contributed by atoms with Crippen molar-refractivity contribution in [3.8, 4) is 0 Å². The van der Waals surface area contributed by atoms with Crippen LogP contribution < -0.4 is 5.32 Å². The predicted molar refractivity (Wildman–Crippen MR) is 79.7 cm³/mol. The van der Waals surface area contributed by atoms with Crippen molar-refractivity contribution in [2.75, 3.05) is 19.6 Å². The number of likely N-dealkylation sites (tertiary alicyclic amines) is 1. The van der Waals surface area contributed by atoms with E-state index in [0.717, 1.165) is 15.6 Å². The summed E-state index contributed by atoms with van der Waals surface area (Å²) >= 11 is 1.59. The Morgan fingerprint density at radius 3 is 2.95 bits per heavy atom. The molecule has 2 aliphatic rings. The van der Waals surface area contributed by atoms with Crippen LogP contribution in [-0.2, 0) is 4.74 Å². The topological polar surface area (TPSA) is 58.6 Å². The molecule has 1 spiro atoms. The maximum atomic E-state index is 12.6. The zero-order valence-corrected chi connectivity index (χ0v) is 12.3. The molecule has 4 rings (SSSR count). The van der Waals surface area contributed by atoms with Gasteiger partial charge in [-0.1, -0.05) is 12.1 Å². The number of carbonyl (C=O) groups excluding carboxylic acids is 2. The summed E-state index contributed by atoms with van der Waals surface area (Å²) in [6, 6.07) is 6.12. The van der Waals surface area contributed by atoms with Gasteiger partial charge in [0.05, 0.1) is 25.2 Å². The zero-order valence-electron chi connectivity index (χ0n) is 11.5. The van der Waals surface area contributed by atoms with E-state index < -0.39 is 11.7 Å². The first-order valence-electron chi connectivity index (χ1n) is 6.80. The Bertz CT molecular complexity index is 761. The molecule has 0 unspecified atom stereocenters. The number of alkyl carbamates (subject to hydrolysis) is 1. The van der Waals surface area contributed by atoms with E-state index in [2.05, 4.69) is 11.4 Å². The van der Waals surface area contributed by atoms with Gasteiger partial charge in [0.1, 0.15) is 0 Å². The van der Waals surface area contributed by atoms with Crippen molar-refractivity contribution in [2.24, 2.45) is 0 Å². The van der Waals surface area contributed by atoms with Crippen LogP contribution in [0.4, 0.5) is 4.79 Å². The molecule has 3 heterocycles. The molecule has 108 valence electrons. The van der Waals surface area contributed by atoms with Crippen LogP contribution in [0.15, 0.2) is 23.6 Å². The largest absolute Gasteiger partial charge is 0.437 e. The molecule has 1 N–H and O–H groups in total. The summed E-state index contributed by atoms with van der Waals surface area (Å²) in [5.74, 6) is 0.0127. The van der Waals surface area contributed by atoms with Gasteiger partial charge >= 0.3 is 6.09 Å². The molecule has 2 saturated heterocycles. The Kier molecular flexibility index (Phi) is 2.53. The highest BCUT2D eigenvalue weighted by Crippen LogP contribution is 2.33. The van der Waals surface area contributed by atoms with Gasteiger partial charge in [-0.15, -0.1) is 11.3 Å². The van der Waals surface area contributed by atoms with Crippen LogP contribution >= 0.6 is 11.3 Å². The van der Waals surface area contributed by atoms with Crippen molar-refractivity contribution in [1.29, 1.82) is 0 Å². The van der Waals surface area contributed by atoms with Crippen molar-refractivity contribution in [3.63, 3.8) is 0 Å². The van der Waals surface area contributed by atoms with Gasteiger partial charge in [0.25, 0.3) is 5.91 Å². The van der Waals surface area contributed by atoms with E-state index in [9.17, 15) is 9.59 Å². The predicted octanol–water partition coefficient (Wildman–Crippen LogP) is 2.14. The molecular weight excluding hydrogens is 288 g/mol. The number of rotatable bonds is 1. The lowest BCUT2D eigenvalue weighted by Crippen LogP contribution is -2.65. The maximum absolute atomic E-state index is 12.6. The van der Waals surface area contributed by atoms with Crippen molar-refractivity contribution in [2.45, 2.75) is 12.5 Å². The van der Waals surface area contributed by atoms with E-state index in [4.69, 9.17) is 4.74 Å². The van der Waals surface area contributed by atoms with Crippen molar-refractivity contribution in [1.82, 2.24) is 10.2 Å². The Labute approximate surface area is 125 Å². The van der Waals surface area contributed by atoms with E-state index in [1.54, 1.807) is 16.2 Å². The average molecular weight is 302 g/mol. The minimum absolute atomic E-state index is 0.0127. The normalized spacial score (nSPS) is 19.5. The second kappa shape index (κ2) is 4.21. The van der Waals surface area contributed by atoms with Crippen molar-refractivity contribution >= 4 is 33.4 Å². The van der Waals surface area contributed by atoms with Crippen LogP contribution in [0, 0.1) is 6.92 Å². The third-order valence-corrected chi connectivity index (χ3v) is 5.02.